The summed E-state index contributed by atoms with van der Waals surface area (Å²) in [5, 5.41) is 3.83. The fraction of sp³-hybridized carbons (Fsp3) is 0.235. The second-order valence-electron chi connectivity index (χ2n) is 4.76. The molecule has 0 aliphatic rings. The predicted molar refractivity (Wildman–Crippen MR) is 102 cm³/mol. The van der Waals surface area contributed by atoms with Crippen LogP contribution in [0.2, 0.25) is 10.0 Å². The first-order valence-electron chi connectivity index (χ1n) is 7.14. The lowest BCUT2D eigenvalue weighted by Gasteiger charge is -2.13. The minimum Gasteiger partial charge on any atom is -0.354 e. The van der Waals surface area contributed by atoms with E-state index in [-0.39, 0.29) is 11.2 Å². The van der Waals surface area contributed by atoms with Crippen LogP contribution in [0.5, 0.6) is 0 Å². The molecule has 1 atom stereocenters. The summed E-state index contributed by atoms with van der Waals surface area (Å²) in [7, 11) is 0. The van der Waals surface area contributed by atoms with Gasteiger partial charge in [-0.3, -0.25) is 4.79 Å². The van der Waals surface area contributed by atoms with Crippen LogP contribution in [0, 0.1) is 0 Å². The van der Waals surface area contributed by atoms with Crippen LogP contribution in [0.15, 0.2) is 58.3 Å². The Labute approximate surface area is 155 Å². The molecule has 1 amide bonds. The molecule has 1 N–H and O–H groups in total. The van der Waals surface area contributed by atoms with Crippen LogP contribution in [-0.4, -0.2) is 23.5 Å². The summed E-state index contributed by atoms with van der Waals surface area (Å²) >= 11 is 15.4. The molecule has 0 aliphatic heterocycles. The van der Waals surface area contributed by atoms with Crippen molar-refractivity contribution in [3.8, 4) is 0 Å². The number of hydrogen-bond donors (Lipinski definition) is 1. The van der Waals surface area contributed by atoms with Crippen molar-refractivity contribution >= 4 is 52.6 Å². The van der Waals surface area contributed by atoms with E-state index in [1.165, 1.54) is 16.7 Å². The Kier molecular flexibility index (Phi) is 7.63. The maximum Gasteiger partial charge on any atom is 0.233 e. The van der Waals surface area contributed by atoms with Gasteiger partial charge in [-0.15, -0.1) is 23.5 Å². The lowest BCUT2D eigenvalue weighted by molar-refractivity contribution is -0.120. The third-order valence-electron chi connectivity index (χ3n) is 3.00. The fourth-order valence-electron chi connectivity index (χ4n) is 1.83. The lowest BCUT2D eigenvalue weighted by atomic mass is 10.4. The Bertz CT molecular complexity index is 632. The zero-order chi connectivity index (χ0) is 16.7. The highest BCUT2D eigenvalue weighted by atomic mass is 35.5. The van der Waals surface area contributed by atoms with Gasteiger partial charge in [0, 0.05) is 22.1 Å². The SMILES string of the molecule is C[C@@H](Sc1c(Cl)cccc1Cl)C(=O)NCCSc1ccccc1. The van der Waals surface area contributed by atoms with E-state index in [0.717, 1.165) is 10.6 Å². The minimum atomic E-state index is -0.255. The van der Waals surface area contributed by atoms with Crippen LogP contribution in [0.25, 0.3) is 0 Å². The van der Waals surface area contributed by atoms with Gasteiger partial charge in [0.1, 0.15) is 0 Å². The number of nitrogens with one attached hydrogen (secondary N) is 1. The van der Waals surface area contributed by atoms with Crippen molar-refractivity contribution in [2.75, 3.05) is 12.3 Å². The van der Waals surface area contributed by atoms with Crippen LogP contribution in [0.4, 0.5) is 0 Å². The van der Waals surface area contributed by atoms with E-state index in [1.54, 1.807) is 30.0 Å². The van der Waals surface area contributed by atoms with Gasteiger partial charge in [-0.25, -0.2) is 0 Å². The topological polar surface area (TPSA) is 29.1 Å². The monoisotopic (exact) mass is 385 g/mol. The van der Waals surface area contributed by atoms with Crippen molar-refractivity contribution in [2.24, 2.45) is 0 Å². The molecule has 0 saturated heterocycles. The number of benzene rings is 2. The first-order valence-corrected chi connectivity index (χ1v) is 9.76. The Morgan fingerprint density at radius 1 is 1.09 bits per heavy atom. The van der Waals surface area contributed by atoms with Gasteiger partial charge in [0.25, 0.3) is 0 Å². The molecule has 0 aromatic heterocycles. The predicted octanol–water partition coefficient (Wildman–Crippen LogP) is 5.38. The van der Waals surface area contributed by atoms with E-state index >= 15 is 0 Å². The molecular formula is C17H17Cl2NOS2. The van der Waals surface area contributed by atoms with Gasteiger partial charge in [-0.2, -0.15) is 0 Å². The summed E-state index contributed by atoms with van der Waals surface area (Å²) in [6, 6.07) is 15.5. The van der Waals surface area contributed by atoms with Crippen molar-refractivity contribution in [3.63, 3.8) is 0 Å². The number of hydrogen-bond acceptors (Lipinski definition) is 3. The van der Waals surface area contributed by atoms with Crippen molar-refractivity contribution < 1.29 is 4.79 Å². The summed E-state index contributed by atoms with van der Waals surface area (Å²) in [6.45, 7) is 2.48. The molecule has 6 heteroatoms. The normalized spacial score (nSPS) is 12.0. The third kappa shape index (κ3) is 5.96. The standard InChI is InChI=1S/C17H17Cl2NOS2/c1-12(23-16-14(18)8-5-9-15(16)19)17(21)20-10-11-22-13-6-3-2-4-7-13/h2-9,12H,10-11H2,1H3,(H,20,21)/t12-/m1/s1. The Hall–Kier alpha value is -0.810. The number of halogens is 2. The number of rotatable bonds is 7. The zero-order valence-electron chi connectivity index (χ0n) is 12.6. The molecule has 0 bridgehead atoms. The smallest absolute Gasteiger partial charge is 0.233 e. The Morgan fingerprint density at radius 2 is 1.74 bits per heavy atom. The molecule has 0 unspecified atom stereocenters. The van der Waals surface area contributed by atoms with Crippen LogP contribution in [0.1, 0.15) is 6.92 Å². The molecule has 0 saturated carbocycles. The van der Waals surface area contributed by atoms with Crippen LogP contribution in [-0.2, 0) is 4.79 Å². The Morgan fingerprint density at radius 3 is 2.39 bits per heavy atom. The highest BCUT2D eigenvalue weighted by molar-refractivity contribution is 8.00. The number of amides is 1. The van der Waals surface area contributed by atoms with Crippen LogP contribution >= 0.6 is 46.7 Å². The molecular weight excluding hydrogens is 369 g/mol. The molecule has 0 spiro atoms. The molecule has 122 valence electrons. The van der Waals surface area contributed by atoms with Gasteiger partial charge < -0.3 is 5.32 Å². The maximum atomic E-state index is 12.2. The second kappa shape index (κ2) is 9.48. The van der Waals surface area contributed by atoms with Crippen molar-refractivity contribution in [3.05, 3.63) is 58.6 Å². The number of carbonyl (C=O) groups excluding carboxylic acids is 1. The molecule has 23 heavy (non-hydrogen) atoms. The average molecular weight is 386 g/mol. The van der Waals surface area contributed by atoms with Gasteiger partial charge in [-0.1, -0.05) is 47.5 Å². The maximum absolute atomic E-state index is 12.2. The van der Waals surface area contributed by atoms with E-state index in [1.807, 2.05) is 25.1 Å². The van der Waals surface area contributed by atoms with Gasteiger partial charge in [0.2, 0.25) is 5.91 Å². The second-order valence-corrected chi connectivity index (χ2v) is 8.10. The van der Waals surface area contributed by atoms with Gasteiger partial charge >= 0.3 is 0 Å². The summed E-state index contributed by atoms with van der Waals surface area (Å²) in [6.07, 6.45) is 0. The average Bonchev–Trinajstić information content (AvgIpc) is 2.55. The Balaban J connectivity index is 1.77. The van der Waals surface area contributed by atoms with Crippen LogP contribution < -0.4 is 5.32 Å². The molecule has 2 nitrogen and oxygen atoms in total. The molecule has 0 fully saturated rings. The van der Waals surface area contributed by atoms with Gasteiger partial charge in [0.05, 0.1) is 15.3 Å². The lowest BCUT2D eigenvalue weighted by Crippen LogP contribution is -2.32. The van der Waals surface area contributed by atoms with E-state index in [9.17, 15) is 4.79 Å². The van der Waals surface area contributed by atoms with Crippen molar-refractivity contribution in [1.29, 1.82) is 0 Å². The number of carbonyl (C=O) groups is 1. The highest BCUT2D eigenvalue weighted by Gasteiger charge is 2.17. The number of thioether (sulfide) groups is 2. The van der Waals surface area contributed by atoms with E-state index in [4.69, 9.17) is 23.2 Å². The molecule has 2 rings (SSSR count). The van der Waals surface area contributed by atoms with E-state index in [2.05, 4.69) is 17.4 Å². The quantitative estimate of drug-likeness (QED) is 0.512. The molecule has 0 aliphatic carbocycles. The molecule has 2 aromatic rings. The summed E-state index contributed by atoms with van der Waals surface area (Å²) in [5.74, 6) is 0.819. The van der Waals surface area contributed by atoms with E-state index in [0.29, 0.717) is 16.6 Å². The zero-order valence-corrected chi connectivity index (χ0v) is 15.7. The van der Waals surface area contributed by atoms with Crippen LogP contribution in [0.3, 0.4) is 0 Å². The first-order chi connectivity index (χ1) is 11.1. The molecule has 0 heterocycles. The molecule has 0 radical (unpaired) electrons. The largest absolute Gasteiger partial charge is 0.354 e. The van der Waals surface area contributed by atoms with Crippen molar-refractivity contribution in [2.45, 2.75) is 22.0 Å². The van der Waals surface area contributed by atoms with Gasteiger partial charge in [0.15, 0.2) is 0 Å². The van der Waals surface area contributed by atoms with E-state index < -0.39 is 0 Å². The summed E-state index contributed by atoms with van der Waals surface area (Å²) in [4.78, 5) is 14.1. The highest BCUT2D eigenvalue weighted by Crippen LogP contribution is 2.36. The first kappa shape index (κ1) is 18.5. The fourth-order valence-corrected chi connectivity index (χ4v) is 4.19. The summed E-state index contributed by atoms with van der Waals surface area (Å²) < 4.78 is 0. The third-order valence-corrected chi connectivity index (χ3v) is 6.11. The molecule has 2 aromatic carbocycles. The summed E-state index contributed by atoms with van der Waals surface area (Å²) in [5.41, 5.74) is 0. The van der Waals surface area contributed by atoms with Gasteiger partial charge in [-0.05, 0) is 31.2 Å². The minimum absolute atomic E-state index is 0.0142. The van der Waals surface area contributed by atoms with Crippen molar-refractivity contribution in [1.82, 2.24) is 5.32 Å².